The first-order valence-corrected chi connectivity index (χ1v) is 6.95. The van der Waals surface area contributed by atoms with Crippen LogP contribution in [0.2, 0.25) is 0 Å². The third-order valence-corrected chi connectivity index (χ3v) is 2.97. The number of nitrogen functional groups attached to an aromatic ring is 1. The van der Waals surface area contributed by atoms with Crippen molar-refractivity contribution in [2.75, 3.05) is 31.4 Å². The first kappa shape index (κ1) is 16.3. The molecule has 1 rings (SSSR count). The fourth-order valence-corrected chi connectivity index (χ4v) is 2.04. The van der Waals surface area contributed by atoms with Crippen LogP contribution in [0.3, 0.4) is 0 Å². The second-order valence-corrected chi connectivity index (χ2v) is 4.57. The Kier molecular flexibility index (Phi) is 6.87. The normalized spacial score (nSPS) is 11.9. The molecular formula is C15H24N2O3. The lowest BCUT2D eigenvalue weighted by Crippen LogP contribution is -2.25. The Morgan fingerprint density at radius 1 is 1.40 bits per heavy atom. The summed E-state index contributed by atoms with van der Waals surface area (Å²) in [5.41, 5.74) is 7.61. The molecule has 5 heteroatoms. The molecular weight excluding hydrogens is 256 g/mol. The van der Waals surface area contributed by atoms with Crippen molar-refractivity contribution in [3.05, 3.63) is 23.8 Å². The van der Waals surface area contributed by atoms with Crippen molar-refractivity contribution in [2.45, 2.75) is 32.7 Å². The third-order valence-electron chi connectivity index (χ3n) is 2.97. The van der Waals surface area contributed by atoms with Crippen molar-refractivity contribution < 1.29 is 14.3 Å². The van der Waals surface area contributed by atoms with Crippen molar-refractivity contribution in [3.8, 4) is 0 Å². The Hall–Kier alpha value is -1.75. The van der Waals surface area contributed by atoms with Gasteiger partial charge in [-0.3, -0.25) is 0 Å². The van der Waals surface area contributed by atoms with Gasteiger partial charge in [0.25, 0.3) is 0 Å². The summed E-state index contributed by atoms with van der Waals surface area (Å²) in [5.74, 6) is -0.396. The van der Waals surface area contributed by atoms with E-state index in [1.165, 1.54) is 0 Å². The summed E-state index contributed by atoms with van der Waals surface area (Å²) in [6.07, 6.45) is 2.01. The molecule has 0 aliphatic carbocycles. The minimum atomic E-state index is -0.396. The van der Waals surface area contributed by atoms with E-state index in [4.69, 9.17) is 15.2 Å². The van der Waals surface area contributed by atoms with Gasteiger partial charge in [0.15, 0.2) is 0 Å². The molecule has 1 aromatic rings. The largest absolute Gasteiger partial charge is 0.462 e. The highest BCUT2D eigenvalue weighted by Gasteiger charge is 2.15. The van der Waals surface area contributed by atoms with Gasteiger partial charge in [0.05, 0.1) is 30.2 Å². The van der Waals surface area contributed by atoms with Gasteiger partial charge in [-0.25, -0.2) is 4.79 Å². The van der Waals surface area contributed by atoms with Crippen molar-refractivity contribution in [1.82, 2.24) is 0 Å². The molecule has 1 unspecified atom stereocenters. The molecule has 0 amide bonds. The van der Waals surface area contributed by atoms with Crippen LogP contribution in [0.15, 0.2) is 18.2 Å². The van der Waals surface area contributed by atoms with Crippen molar-refractivity contribution in [2.24, 2.45) is 0 Å². The second kappa shape index (κ2) is 8.43. The van der Waals surface area contributed by atoms with E-state index in [9.17, 15) is 4.79 Å². The first-order chi connectivity index (χ1) is 9.63. The number of rotatable bonds is 8. The van der Waals surface area contributed by atoms with E-state index >= 15 is 0 Å². The van der Waals surface area contributed by atoms with Crippen LogP contribution in [-0.2, 0) is 9.47 Å². The van der Waals surface area contributed by atoms with E-state index < -0.39 is 5.97 Å². The zero-order chi connectivity index (χ0) is 15.0. The first-order valence-electron chi connectivity index (χ1n) is 6.95. The second-order valence-electron chi connectivity index (χ2n) is 4.57. The van der Waals surface area contributed by atoms with Crippen LogP contribution in [0, 0.1) is 0 Å². The molecule has 0 spiro atoms. The van der Waals surface area contributed by atoms with Crippen LogP contribution in [0.4, 0.5) is 11.4 Å². The molecule has 0 saturated heterocycles. The average molecular weight is 280 g/mol. The molecule has 1 atom stereocenters. The molecule has 0 radical (unpaired) electrons. The Morgan fingerprint density at radius 3 is 2.75 bits per heavy atom. The number of methoxy groups -OCH3 is 1. The molecule has 5 nitrogen and oxygen atoms in total. The maximum Gasteiger partial charge on any atom is 0.340 e. The summed E-state index contributed by atoms with van der Waals surface area (Å²) in [4.78, 5) is 11.8. The summed E-state index contributed by atoms with van der Waals surface area (Å²) in [5, 5.41) is 3.33. The van der Waals surface area contributed by atoms with Gasteiger partial charge in [-0.15, -0.1) is 0 Å². The Morgan fingerprint density at radius 2 is 2.15 bits per heavy atom. The minimum Gasteiger partial charge on any atom is -0.462 e. The van der Waals surface area contributed by atoms with Crippen LogP contribution in [0.1, 0.15) is 37.0 Å². The highest BCUT2D eigenvalue weighted by Crippen LogP contribution is 2.24. The Bertz CT molecular complexity index is 429. The number of para-hydroxylation sites is 1. The Labute approximate surface area is 120 Å². The number of hydrogen-bond acceptors (Lipinski definition) is 5. The molecule has 0 aliphatic heterocycles. The Balaban J connectivity index is 2.89. The molecule has 0 saturated carbocycles. The van der Waals surface area contributed by atoms with Crippen LogP contribution in [-0.4, -0.2) is 32.3 Å². The minimum absolute atomic E-state index is 0.171. The highest BCUT2D eigenvalue weighted by molar-refractivity contribution is 5.98. The predicted octanol–water partition coefficient (Wildman–Crippen LogP) is 2.67. The van der Waals surface area contributed by atoms with Gasteiger partial charge in [0.2, 0.25) is 0 Å². The molecule has 0 aliphatic rings. The third kappa shape index (κ3) is 4.42. The van der Waals surface area contributed by atoms with Crippen LogP contribution in [0.25, 0.3) is 0 Å². The number of carbonyl (C=O) groups excluding carboxylic acids is 1. The lowest BCUT2D eigenvalue weighted by atomic mass is 10.1. The molecule has 0 aromatic heterocycles. The smallest absolute Gasteiger partial charge is 0.340 e. The van der Waals surface area contributed by atoms with Gasteiger partial charge in [-0.2, -0.15) is 0 Å². The van der Waals surface area contributed by atoms with E-state index in [1.54, 1.807) is 26.2 Å². The molecule has 1 aromatic carbocycles. The number of hydrogen-bond donors (Lipinski definition) is 2. The van der Waals surface area contributed by atoms with Gasteiger partial charge in [-0.05, 0) is 25.5 Å². The van der Waals surface area contributed by atoms with Crippen LogP contribution in [0.5, 0.6) is 0 Å². The SMILES string of the molecule is CCCC(COC)Nc1cccc(C(=O)OCC)c1N. The zero-order valence-electron chi connectivity index (χ0n) is 12.4. The quantitative estimate of drug-likeness (QED) is 0.565. The van der Waals surface area contributed by atoms with Crippen LogP contribution >= 0.6 is 0 Å². The predicted molar refractivity (Wildman–Crippen MR) is 81.0 cm³/mol. The van der Waals surface area contributed by atoms with Gasteiger partial charge >= 0.3 is 5.97 Å². The molecule has 0 bridgehead atoms. The monoisotopic (exact) mass is 280 g/mol. The number of esters is 1. The highest BCUT2D eigenvalue weighted by atomic mass is 16.5. The molecule has 20 heavy (non-hydrogen) atoms. The maximum absolute atomic E-state index is 11.8. The molecule has 0 heterocycles. The van der Waals surface area contributed by atoms with E-state index in [0.717, 1.165) is 18.5 Å². The average Bonchev–Trinajstić information content (AvgIpc) is 2.42. The number of nitrogens with two attached hydrogens (primary N) is 1. The van der Waals surface area contributed by atoms with E-state index in [1.807, 2.05) is 6.07 Å². The fraction of sp³-hybridized carbons (Fsp3) is 0.533. The number of anilines is 2. The number of carbonyl (C=O) groups is 1. The summed E-state index contributed by atoms with van der Waals surface area (Å²) in [6, 6.07) is 5.49. The fourth-order valence-electron chi connectivity index (χ4n) is 2.04. The lowest BCUT2D eigenvalue weighted by Gasteiger charge is -2.20. The van der Waals surface area contributed by atoms with Gasteiger partial charge < -0.3 is 20.5 Å². The standard InChI is InChI=1S/C15H24N2O3/c1-4-7-11(10-19-3)17-13-9-6-8-12(14(13)16)15(18)20-5-2/h6,8-9,11,17H,4-5,7,10,16H2,1-3H3. The number of nitrogens with one attached hydrogen (secondary N) is 1. The summed E-state index contributed by atoms with van der Waals surface area (Å²) >= 11 is 0. The number of ether oxygens (including phenoxy) is 2. The molecule has 0 fully saturated rings. The lowest BCUT2D eigenvalue weighted by molar-refractivity contribution is 0.0527. The zero-order valence-corrected chi connectivity index (χ0v) is 12.4. The summed E-state index contributed by atoms with van der Waals surface area (Å²) in [6.45, 7) is 4.81. The molecule has 3 N–H and O–H groups in total. The van der Waals surface area contributed by atoms with Gasteiger partial charge in [0.1, 0.15) is 0 Å². The topological polar surface area (TPSA) is 73.6 Å². The van der Waals surface area contributed by atoms with E-state index in [-0.39, 0.29) is 6.04 Å². The summed E-state index contributed by atoms with van der Waals surface area (Å²) in [7, 11) is 1.67. The van der Waals surface area contributed by atoms with Crippen LogP contribution < -0.4 is 11.1 Å². The van der Waals surface area contributed by atoms with E-state index in [2.05, 4.69) is 12.2 Å². The van der Waals surface area contributed by atoms with Gasteiger partial charge in [0, 0.05) is 13.2 Å². The van der Waals surface area contributed by atoms with Gasteiger partial charge in [-0.1, -0.05) is 19.4 Å². The van der Waals surface area contributed by atoms with Crippen molar-refractivity contribution in [3.63, 3.8) is 0 Å². The maximum atomic E-state index is 11.8. The number of benzene rings is 1. The summed E-state index contributed by atoms with van der Waals surface area (Å²) < 4.78 is 10.2. The van der Waals surface area contributed by atoms with Crippen molar-refractivity contribution in [1.29, 1.82) is 0 Å². The van der Waals surface area contributed by atoms with E-state index in [0.29, 0.717) is 24.5 Å². The van der Waals surface area contributed by atoms with Crippen molar-refractivity contribution >= 4 is 17.3 Å². The molecule has 112 valence electrons.